The number of aryl methyl sites for hydroxylation is 2. The number of thioether (sulfide) groups is 1. The van der Waals surface area contributed by atoms with Gasteiger partial charge in [-0.15, -0.1) is 0 Å². The number of amides is 1. The lowest BCUT2D eigenvalue weighted by atomic mass is 10.2. The van der Waals surface area contributed by atoms with Crippen LogP contribution in [0.1, 0.15) is 18.1 Å². The van der Waals surface area contributed by atoms with Gasteiger partial charge < -0.3 is 20.7 Å². The zero-order valence-electron chi connectivity index (χ0n) is 20.4. The zero-order chi connectivity index (χ0) is 25.3. The number of nitrogens with zero attached hydrogens (tertiary/aromatic N) is 3. The first-order chi connectivity index (χ1) is 17.5. The summed E-state index contributed by atoms with van der Waals surface area (Å²) in [4.78, 5) is 26.2. The predicted molar refractivity (Wildman–Crippen MR) is 146 cm³/mol. The van der Waals surface area contributed by atoms with Gasteiger partial charge in [-0.2, -0.15) is 15.0 Å². The number of hydrogen-bond acceptors (Lipinski definition) is 8. The highest BCUT2D eigenvalue weighted by atomic mass is 32.2. The van der Waals surface area contributed by atoms with Gasteiger partial charge in [0.2, 0.25) is 17.8 Å². The van der Waals surface area contributed by atoms with E-state index in [0.29, 0.717) is 35.1 Å². The average molecular weight is 501 g/mol. The molecule has 4 aromatic rings. The summed E-state index contributed by atoms with van der Waals surface area (Å²) < 4.78 is 5.59. The van der Waals surface area contributed by atoms with Gasteiger partial charge in [0.25, 0.3) is 0 Å². The molecule has 1 amide bonds. The number of carbonyl (C=O) groups excluding carboxylic acids is 1. The Morgan fingerprint density at radius 3 is 1.92 bits per heavy atom. The van der Waals surface area contributed by atoms with Crippen LogP contribution >= 0.6 is 11.8 Å². The van der Waals surface area contributed by atoms with Crippen molar-refractivity contribution in [3.8, 4) is 5.75 Å². The largest absolute Gasteiger partial charge is 0.492 e. The van der Waals surface area contributed by atoms with Crippen molar-refractivity contribution in [1.82, 2.24) is 15.0 Å². The smallest absolute Gasteiger partial charge is 0.234 e. The number of rotatable bonds is 10. The minimum atomic E-state index is -0.186. The van der Waals surface area contributed by atoms with E-state index in [4.69, 9.17) is 4.74 Å². The molecule has 0 bridgehead atoms. The van der Waals surface area contributed by atoms with Gasteiger partial charge in [-0.25, -0.2) is 0 Å². The van der Waals surface area contributed by atoms with Gasteiger partial charge in [-0.1, -0.05) is 59.3 Å². The molecule has 36 heavy (non-hydrogen) atoms. The summed E-state index contributed by atoms with van der Waals surface area (Å²) in [5.41, 5.74) is 4.66. The lowest BCUT2D eigenvalue weighted by Crippen LogP contribution is -2.15. The molecule has 0 saturated heterocycles. The second-order valence-corrected chi connectivity index (χ2v) is 8.96. The molecule has 0 aliphatic rings. The fraction of sp³-hybridized carbons (Fsp3) is 0.185. The van der Waals surface area contributed by atoms with E-state index >= 15 is 0 Å². The molecule has 8 nitrogen and oxygen atoms in total. The second-order valence-electron chi connectivity index (χ2n) is 8.01. The highest BCUT2D eigenvalue weighted by molar-refractivity contribution is 7.99. The van der Waals surface area contributed by atoms with Crippen LogP contribution in [0.25, 0.3) is 0 Å². The van der Waals surface area contributed by atoms with Crippen molar-refractivity contribution in [1.29, 1.82) is 0 Å². The molecule has 0 aliphatic carbocycles. The molecule has 0 radical (unpaired) electrons. The molecule has 0 saturated carbocycles. The summed E-state index contributed by atoms with van der Waals surface area (Å²) >= 11 is 1.23. The maximum Gasteiger partial charge on any atom is 0.234 e. The van der Waals surface area contributed by atoms with Crippen LogP contribution in [0.5, 0.6) is 5.75 Å². The molecular formula is C27H28N6O2S. The van der Waals surface area contributed by atoms with Crippen molar-refractivity contribution in [2.24, 2.45) is 0 Å². The number of ether oxygens (including phenoxy) is 1. The summed E-state index contributed by atoms with van der Waals surface area (Å²) in [7, 11) is 0. The standard InChI is InChI=1S/C27H28N6O2S/c1-4-35-23-8-6-5-7-22(23)30-24(34)17-36-27-32-25(28-20-13-9-18(2)10-14-20)31-26(33-27)29-21-15-11-19(3)12-16-21/h5-16H,4,17H2,1-3H3,(H,30,34)(H2,28,29,31,32,33). The third-order valence-corrected chi connectivity index (χ3v) is 5.87. The minimum absolute atomic E-state index is 0.123. The fourth-order valence-electron chi connectivity index (χ4n) is 3.23. The number of nitrogens with one attached hydrogen (secondary N) is 3. The number of carbonyl (C=O) groups is 1. The van der Waals surface area contributed by atoms with Crippen molar-refractivity contribution in [3.05, 3.63) is 83.9 Å². The Morgan fingerprint density at radius 2 is 1.36 bits per heavy atom. The van der Waals surface area contributed by atoms with Gasteiger partial charge in [0.05, 0.1) is 18.0 Å². The summed E-state index contributed by atoms with van der Waals surface area (Å²) in [6, 6.07) is 23.2. The highest BCUT2D eigenvalue weighted by Crippen LogP contribution is 2.25. The normalized spacial score (nSPS) is 10.5. The van der Waals surface area contributed by atoms with Crippen molar-refractivity contribution >= 4 is 46.6 Å². The van der Waals surface area contributed by atoms with E-state index in [1.54, 1.807) is 0 Å². The Balaban J connectivity index is 1.50. The molecule has 1 aromatic heterocycles. The SMILES string of the molecule is CCOc1ccccc1NC(=O)CSc1nc(Nc2ccc(C)cc2)nc(Nc2ccc(C)cc2)n1. The number of hydrogen-bond donors (Lipinski definition) is 3. The number of para-hydroxylation sites is 2. The number of anilines is 5. The number of aromatic nitrogens is 3. The van der Waals surface area contributed by atoms with E-state index in [0.717, 1.165) is 22.5 Å². The molecule has 3 N–H and O–H groups in total. The van der Waals surface area contributed by atoms with Crippen molar-refractivity contribution in [2.45, 2.75) is 25.9 Å². The van der Waals surface area contributed by atoms with E-state index in [2.05, 4.69) is 30.9 Å². The molecule has 9 heteroatoms. The first-order valence-electron chi connectivity index (χ1n) is 11.6. The van der Waals surface area contributed by atoms with Crippen LogP contribution in [-0.4, -0.2) is 33.2 Å². The highest BCUT2D eigenvalue weighted by Gasteiger charge is 2.12. The average Bonchev–Trinajstić information content (AvgIpc) is 2.87. The third-order valence-electron chi connectivity index (χ3n) is 5.02. The molecule has 0 fully saturated rings. The monoisotopic (exact) mass is 500 g/mol. The molecule has 184 valence electrons. The first kappa shape index (κ1) is 25.0. The van der Waals surface area contributed by atoms with E-state index in [9.17, 15) is 4.79 Å². The summed E-state index contributed by atoms with van der Waals surface area (Å²) in [5, 5.41) is 9.76. The van der Waals surface area contributed by atoms with E-state index in [1.165, 1.54) is 11.8 Å². The Labute approximate surface area is 214 Å². The maximum absolute atomic E-state index is 12.7. The Hall–Kier alpha value is -4.11. The quantitative estimate of drug-likeness (QED) is 0.224. The van der Waals surface area contributed by atoms with Crippen molar-refractivity contribution < 1.29 is 9.53 Å². The molecule has 0 unspecified atom stereocenters. The van der Waals surface area contributed by atoms with Crippen molar-refractivity contribution in [3.63, 3.8) is 0 Å². The Kier molecular flexibility index (Phi) is 8.36. The van der Waals surface area contributed by atoms with E-state index in [1.807, 2.05) is 93.6 Å². The lowest BCUT2D eigenvalue weighted by molar-refractivity contribution is -0.113. The molecule has 0 aliphatic heterocycles. The summed E-state index contributed by atoms with van der Waals surface area (Å²) in [6.07, 6.45) is 0. The van der Waals surface area contributed by atoms with Gasteiger partial charge in [0, 0.05) is 11.4 Å². The van der Waals surface area contributed by atoms with Gasteiger partial charge in [0.15, 0.2) is 5.16 Å². The maximum atomic E-state index is 12.7. The molecule has 4 rings (SSSR count). The first-order valence-corrected chi connectivity index (χ1v) is 12.5. The van der Waals surface area contributed by atoms with Crippen LogP contribution in [0.3, 0.4) is 0 Å². The molecule has 0 spiro atoms. The van der Waals surface area contributed by atoms with Crippen LogP contribution in [0.2, 0.25) is 0 Å². The molecule has 1 heterocycles. The van der Waals surface area contributed by atoms with Crippen LogP contribution in [0.4, 0.5) is 29.0 Å². The van der Waals surface area contributed by atoms with E-state index < -0.39 is 0 Å². The van der Waals surface area contributed by atoms with E-state index in [-0.39, 0.29) is 11.7 Å². The minimum Gasteiger partial charge on any atom is -0.492 e. The Morgan fingerprint density at radius 1 is 0.806 bits per heavy atom. The molecule has 3 aromatic carbocycles. The van der Waals surface area contributed by atoms with Crippen LogP contribution in [0.15, 0.2) is 78.0 Å². The topological polar surface area (TPSA) is 101 Å². The van der Waals surface area contributed by atoms with Gasteiger partial charge in [-0.3, -0.25) is 4.79 Å². The molecular weight excluding hydrogens is 472 g/mol. The van der Waals surface area contributed by atoms with Gasteiger partial charge in [-0.05, 0) is 57.2 Å². The number of benzene rings is 3. The van der Waals surface area contributed by atoms with Crippen LogP contribution in [-0.2, 0) is 4.79 Å². The van der Waals surface area contributed by atoms with Gasteiger partial charge >= 0.3 is 0 Å². The van der Waals surface area contributed by atoms with Crippen LogP contribution in [0, 0.1) is 13.8 Å². The predicted octanol–water partition coefficient (Wildman–Crippen LogP) is 6.11. The third kappa shape index (κ3) is 7.19. The van der Waals surface area contributed by atoms with Gasteiger partial charge in [0.1, 0.15) is 5.75 Å². The fourth-order valence-corrected chi connectivity index (χ4v) is 3.87. The summed E-state index contributed by atoms with van der Waals surface area (Å²) in [5.74, 6) is 1.33. The lowest BCUT2D eigenvalue weighted by Gasteiger charge is -2.12. The molecule has 0 atom stereocenters. The van der Waals surface area contributed by atoms with Crippen molar-refractivity contribution in [2.75, 3.05) is 28.3 Å². The Bertz CT molecular complexity index is 1250. The summed E-state index contributed by atoms with van der Waals surface area (Å²) in [6.45, 7) is 6.48. The second kappa shape index (κ2) is 12.0. The van der Waals surface area contributed by atoms with Crippen LogP contribution < -0.4 is 20.7 Å². The zero-order valence-corrected chi connectivity index (χ0v) is 21.2.